The SMILES string of the molecule is Cc1c(-c2nc3ccccc3c(=O)o2)sc2ccccc12.Cc1c(Br)sc(Br)c1Br.Cc1ccsc1Br.Cc1ccsc1C.Cc1cscc1Br.Cc1sc(Br)c(Br)c1Br.Cc1sc(Br)c(Br)c1C.Cc1sc(Br)cc1Br.Cc1sc2ccccc2c1Cl. The van der Waals surface area contributed by atoms with Gasteiger partial charge in [-0.1, -0.05) is 60.1 Å². The lowest BCUT2D eigenvalue weighted by Gasteiger charge is -2.00. The van der Waals surface area contributed by atoms with Gasteiger partial charge in [0.05, 0.1) is 48.0 Å². The van der Waals surface area contributed by atoms with Crippen LogP contribution in [0.15, 0.2) is 171 Å². The minimum absolute atomic E-state index is 0.340. The predicted octanol–water partition coefficient (Wildman–Crippen LogP) is 32.4. The summed E-state index contributed by atoms with van der Waals surface area (Å²) in [6.45, 7) is 23.0. The van der Waals surface area contributed by atoms with E-state index in [1.807, 2.05) is 56.3 Å². The molecule has 0 spiro atoms. The van der Waals surface area contributed by atoms with E-state index in [9.17, 15) is 4.79 Å². The molecule has 13 aromatic rings. The summed E-state index contributed by atoms with van der Waals surface area (Å²) in [6, 6.07) is 29.9. The number of hydrogen-bond acceptors (Lipinski definition) is 12. The largest absolute Gasteiger partial charge is 0.402 e. The summed E-state index contributed by atoms with van der Waals surface area (Å²) in [7, 11) is 0. The highest BCUT2D eigenvalue weighted by atomic mass is 79.9. The second kappa shape index (κ2) is 39.2. The molecule has 0 aliphatic carbocycles. The number of aryl methyl sites for hydroxylation is 9. The highest BCUT2D eigenvalue weighted by Gasteiger charge is 2.16. The molecule has 0 atom stereocenters. The maximum absolute atomic E-state index is 12.1. The van der Waals surface area contributed by atoms with Gasteiger partial charge in [0.25, 0.3) is 0 Å². The van der Waals surface area contributed by atoms with E-state index >= 15 is 0 Å². The molecule has 88 heavy (non-hydrogen) atoms. The summed E-state index contributed by atoms with van der Waals surface area (Å²) < 4.78 is 22.0. The van der Waals surface area contributed by atoms with Gasteiger partial charge in [0, 0.05) is 66.9 Å². The number of thiophene rings is 9. The van der Waals surface area contributed by atoms with Gasteiger partial charge in [0.2, 0.25) is 5.89 Å². The minimum atomic E-state index is -0.340. The maximum Gasteiger partial charge on any atom is 0.347 e. The number of fused-ring (bicyclic) bond motifs is 3. The fourth-order valence-electron chi connectivity index (χ4n) is 6.66. The van der Waals surface area contributed by atoms with Gasteiger partial charge in [-0.05, 0) is 365 Å². The van der Waals surface area contributed by atoms with Crippen LogP contribution in [0.4, 0.5) is 0 Å². The number of rotatable bonds is 1. The second-order valence-electron chi connectivity index (χ2n) is 18.3. The van der Waals surface area contributed by atoms with E-state index in [1.165, 1.54) is 101 Å². The molecule has 10 heterocycles. The molecule has 10 aromatic heterocycles. The fraction of sp³-hybridized carbons (Fsp3) is 0.175. The molecule has 13 rings (SSSR count). The van der Waals surface area contributed by atoms with Gasteiger partial charge in [-0.3, -0.25) is 0 Å². The summed E-state index contributed by atoms with van der Waals surface area (Å²) in [4.78, 5) is 24.1. The van der Waals surface area contributed by atoms with Crippen LogP contribution in [0.5, 0.6) is 0 Å². The number of hydrogen-bond donors (Lipinski definition) is 0. The molecule has 0 fully saturated rings. The average molecular weight is 2140 g/mol. The van der Waals surface area contributed by atoms with Crippen molar-refractivity contribution in [1.29, 1.82) is 0 Å². The van der Waals surface area contributed by atoms with Crippen LogP contribution in [-0.2, 0) is 0 Å². The number of aromatic nitrogens is 1. The van der Waals surface area contributed by atoms with Crippen molar-refractivity contribution < 1.29 is 4.42 Å². The van der Waals surface area contributed by atoms with Gasteiger partial charge in [-0.15, -0.1) is 90.7 Å². The van der Waals surface area contributed by atoms with Crippen molar-refractivity contribution in [3.63, 3.8) is 0 Å². The molecule has 0 amide bonds. The lowest BCUT2D eigenvalue weighted by molar-refractivity contribution is 0.519. The Kier molecular flexibility index (Phi) is 35.3. The van der Waals surface area contributed by atoms with E-state index in [-0.39, 0.29) is 5.63 Å². The monoisotopic (exact) mass is 2120 g/mol. The zero-order chi connectivity index (χ0) is 65.3. The van der Waals surface area contributed by atoms with E-state index in [0.717, 1.165) is 36.5 Å². The van der Waals surface area contributed by atoms with Crippen molar-refractivity contribution in [1.82, 2.24) is 4.98 Å². The van der Waals surface area contributed by atoms with Gasteiger partial charge in [-0.2, -0.15) is 11.3 Å². The van der Waals surface area contributed by atoms with Crippen LogP contribution in [0.25, 0.3) is 41.8 Å². The smallest absolute Gasteiger partial charge is 0.347 e. The van der Waals surface area contributed by atoms with E-state index in [1.54, 1.807) is 108 Å². The second-order valence-corrected chi connectivity index (χ2v) is 41.3. The van der Waals surface area contributed by atoms with Crippen molar-refractivity contribution in [2.75, 3.05) is 0 Å². The van der Waals surface area contributed by atoms with Gasteiger partial charge in [-0.25, -0.2) is 9.78 Å². The molecular weight excluding hydrogens is 2090 g/mol. The lowest BCUT2D eigenvalue weighted by Crippen LogP contribution is -2.02. The van der Waals surface area contributed by atoms with Gasteiger partial charge < -0.3 is 4.42 Å². The zero-order valence-corrected chi connectivity index (χ0v) is 75.5. The molecule has 466 valence electrons. The first kappa shape index (κ1) is 79.4. The van der Waals surface area contributed by atoms with Crippen LogP contribution >= 0.6 is 305 Å². The van der Waals surface area contributed by atoms with Crippen LogP contribution in [0.2, 0.25) is 5.02 Å². The molecule has 0 aliphatic rings. The van der Waals surface area contributed by atoms with E-state index < -0.39 is 0 Å². The van der Waals surface area contributed by atoms with Crippen molar-refractivity contribution in [2.45, 2.75) is 76.2 Å². The molecular formula is C63H52Br12ClNO2S9. The normalized spacial score (nSPS) is 10.3. The van der Waals surface area contributed by atoms with Crippen LogP contribution in [-0.4, -0.2) is 4.98 Å². The quantitative estimate of drug-likeness (QED) is 0.164. The highest BCUT2D eigenvalue weighted by molar-refractivity contribution is 9.15. The Hall–Kier alpha value is 0.670. The van der Waals surface area contributed by atoms with Gasteiger partial charge in [0.1, 0.15) is 0 Å². The molecule has 25 heteroatoms. The molecule has 0 saturated carbocycles. The van der Waals surface area contributed by atoms with Crippen LogP contribution in [0, 0.1) is 76.2 Å². The summed E-state index contributed by atoms with van der Waals surface area (Å²) >= 11 is 62.5. The van der Waals surface area contributed by atoms with Crippen molar-refractivity contribution in [3.8, 4) is 10.8 Å². The highest BCUT2D eigenvalue weighted by Crippen LogP contribution is 2.42. The summed E-state index contributed by atoms with van der Waals surface area (Å²) in [6.07, 6.45) is 0. The Balaban J connectivity index is 0.000000186. The third-order valence-electron chi connectivity index (χ3n) is 12.0. The number of para-hydroxylation sites is 1. The summed E-state index contributed by atoms with van der Waals surface area (Å²) in [5, 5.41) is 12.2. The molecule has 3 aromatic carbocycles. The summed E-state index contributed by atoms with van der Waals surface area (Å²) in [5.41, 5.74) is 8.08. The van der Waals surface area contributed by atoms with Crippen LogP contribution in [0.1, 0.15) is 57.8 Å². The van der Waals surface area contributed by atoms with Crippen molar-refractivity contribution in [3.05, 3.63) is 235 Å². The Morgan fingerprint density at radius 2 is 0.966 bits per heavy atom. The number of nitrogens with zero attached hydrogens (tertiary/aromatic N) is 1. The van der Waals surface area contributed by atoms with Crippen LogP contribution < -0.4 is 5.63 Å². The van der Waals surface area contributed by atoms with Crippen molar-refractivity contribution >= 4 is 336 Å². The number of benzene rings is 3. The Bertz CT molecular complexity index is 4080. The Labute approximate surface area is 657 Å². The maximum atomic E-state index is 12.1. The van der Waals surface area contributed by atoms with Crippen molar-refractivity contribution in [2.24, 2.45) is 0 Å². The molecule has 0 unspecified atom stereocenters. The summed E-state index contributed by atoms with van der Waals surface area (Å²) in [5.74, 6) is 0.400. The Morgan fingerprint density at radius 1 is 0.420 bits per heavy atom. The molecule has 0 bridgehead atoms. The first-order valence-corrected chi connectivity index (χ1v) is 42.9. The van der Waals surface area contributed by atoms with E-state index in [4.69, 9.17) is 16.0 Å². The third kappa shape index (κ3) is 23.7. The van der Waals surface area contributed by atoms with E-state index in [0.29, 0.717) is 16.8 Å². The molecule has 0 N–H and O–H groups in total. The zero-order valence-electron chi connectivity index (χ0n) is 48.3. The van der Waals surface area contributed by atoms with Gasteiger partial charge in [0.15, 0.2) is 0 Å². The fourth-order valence-corrected chi connectivity index (χ4v) is 23.9. The third-order valence-corrected chi connectivity index (χ3v) is 35.9. The number of halogens is 13. The molecule has 0 saturated heterocycles. The topological polar surface area (TPSA) is 43.1 Å². The van der Waals surface area contributed by atoms with Gasteiger partial charge >= 0.3 is 5.63 Å². The minimum Gasteiger partial charge on any atom is -0.402 e. The lowest BCUT2D eigenvalue weighted by atomic mass is 10.1. The van der Waals surface area contributed by atoms with Crippen LogP contribution in [0.3, 0.4) is 0 Å². The first-order valence-electron chi connectivity index (χ1n) is 25.4. The molecule has 3 nitrogen and oxygen atoms in total. The predicted molar refractivity (Wildman–Crippen MR) is 443 cm³/mol. The molecule has 0 radical (unpaired) electrons. The van der Waals surface area contributed by atoms with E-state index in [2.05, 4.69) is 322 Å². The Morgan fingerprint density at radius 3 is 1.30 bits per heavy atom. The first-order chi connectivity index (χ1) is 41.5. The molecule has 0 aliphatic heterocycles. The average Bonchev–Trinajstić information content (AvgIpc) is 1.71. The standard InChI is InChI=1S/C17H11NO2S.C9H7ClS.C6H6Br2S.C6H8S.2C5H3Br3S.C5H4Br2S.2C5H5BrS/c1-10-11-6-3-5-9-14(11)21-15(10)16-18-13-8-4-2-7-12(13)17(19)20-16;1-6-9(10)7-4-2-3-5-8(7)11-6;1-3-4(2)9-6(8)5(3)7;1-5-3-4-7-6(5)2;1-2-3(6)4(7)5(8)9-2;1-2-3(6)5(8)9-4(2)7;1-3-4(6)2-5(7)8-3;1-4-2-7-3-5(4)6;1-4-2-3-7-5(4)6/h2-9H,1H3;2-5H,1H3;1-2H3;3-4H,1-2H3;2*1H3;2H,1H3;2*2-3H,1H3.